The molecule has 4 saturated heterocycles. The number of nitrogens with zero attached hydrogens (tertiary/aromatic N) is 8. The molecule has 41 nitrogen and oxygen atoms in total. The Kier molecular flexibility index (Phi) is 58.6. The molecule has 0 radical (unpaired) electrons. The molecule has 0 aromatic heterocycles. The molecule has 136 heavy (non-hydrogen) atoms. The summed E-state index contributed by atoms with van der Waals surface area (Å²) in [5.41, 5.74) is -2.05. The third kappa shape index (κ3) is 42.7. The predicted molar refractivity (Wildman–Crippen MR) is 505 cm³/mol. The highest BCUT2D eigenvalue weighted by atomic mass is 16.6. The molecule has 776 valence electrons. The first-order valence-electron chi connectivity index (χ1n) is 47.4. The second-order valence-electron chi connectivity index (χ2n) is 34.7. The molecule has 1 aromatic carbocycles. The molecule has 4 aliphatic rings. The Morgan fingerprint density at radius 3 is 0.838 bits per heavy atom. The minimum Gasteiger partial charge on any atom is -0.469 e. The molecular weight excluding hydrogens is 1770 g/mol. The average molecular weight is 1940 g/mol. The molecule has 4 heterocycles. The fourth-order valence-corrected chi connectivity index (χ4v) is 16.8. The van der Waals surface area contributed by atoms with Crippen LogP contribution in [0.5, 0.6) is 0 Å². The van der Waals surface area contributed by atoms with Crippen LogP contribution in [0.3, 0.4) is 0 Å². The van der Waals surface area contributed by atoms with Crippen LogP contribution >= 0.6 is 0 Å². The number of nitrogens with one attached hydrogen (secondary N) is 5. The van der Waals surface area contributed by atoms with Gasteiger partial charge in [0, 0.05) is 141 Å². The smallest absolute Gasteiger partial charge is 0.323 e. The monoisotopic (exact) mass is 1930 g/mol. The third-order valence-corrected chi connectivity index (χ3v) is 23.9. The Morgan fingerprint density at radius 1 is 0.338 bits per heavy atom. The van der Waals surface area contributed by atoms with Gasteiger partial charge >= 0.3 is 83.6 Å². The van der Waals surface area contributed by atoms with E-state index >= 15 is 0 Å². The van der Waals surface area contributed by atoms with E-state index in [1.807, 2.05) is 111 Å². The van der Waals surface area contributed by atoms with Gasteiger partial charge in [-0.25, -0.2) is 0 Å². The predicted octanol–water partition coefficient (Wildman–Crippen LogP) is 2.27. The maximum absolute atomic E-state index is 12.8. The van der Waals surface area contributed by atoms with Gasteiger partial charge in [0.15, 0.2) is 0 Å². The first kappa shape index (κ1) is 123. The van der Waals surface area contributed by atoms with Gasteiger partial charge in [-0.3, -0.25) is 128 Å². The minimum atomic E-state index is -0.911. The SMILES string of the molecule is C#CCCC(NC1(C)CN([C@H](C)C(=O)OCC)CCN([C@H](C)C(=O)OCC)C1)C(=O)OC.CCOC(=O)CN1CCN(CC(=O)OCC)CC(NC(CCC(=O)OC)C(=O)OC)(c2ccccc2)C1.CCOC(=O)[C@@H](C)N1CCN([C@H](C)C(=O)OCC)CC(C)(NC(CCC(=O)OC)C(=O)OC)C1.CCOC(=O)[C@@H](C)N1CCN([C@H](C)C(=O)OCC)CC(C)(NC(CCCNC)C(=O)OC)C1. The van der Waals surface area contributed by atoms with Crippen LogP contribution in [0.1, 0.15) is 175 Å². The van der Waals surface area contributed by atoms with Crippen molar-refractivity contribution in [1.82, 2.24) is 65.8 Å². The second kappa shape index (κ2) is 64.9. The zero-order valence-corrected chi connectivity index (χ0v) is 85.5. The van der Waals surface area contributed by atoms with Crippen LogP contribution in [-0.4, -0.2) is 427 Å². The number of hydrogen-bond donors (Lipinski definition) is 5. The van der Waals surface area contributed by atoms with Gasteiger partial charge in [0.05, 0.1) is 114 Å². The fourth-order valence-electron chi connectivity index (χ4n) is 16.8. The van der Waals surface area contributed by atoms with Crippen molar-refractivity contribution >= 4 is 83.6 Å². The van der Waals surface area contributed by atoms with Crippen molar-refractivity contribution in [1.29, 1.82) is 0 Å². The molecule has 5 N–H and O–H groups in total. The first-order valence-corrected chi connectivity index (χ1v) is 47.4. The Balaban J connectivity index is 0.000000614. The zero-order valence-electron chi connectivity index (χ0n) is 85.5. The highest BCUT2D eigenvalue weighted by molar-refractivity contribution is 5.81. The van der Waals surface area contributed by atoms with Gasteiger partial charge in [-0.15, -0.1) is 12.3 Å². The van der Waals surface area contributed by atoms with Crippen molar-refractivity contribution in [3.8, 4) is 12.3 Å². The quantitative estimate of drug-likeness (QED) is 0.0270. The average Bonchev–Trinajstić information content (AvgIpc) is 1.47. The van der Waals surface area contributed by atoms with Crippen LogP contribution < -0.4 is 26.6 Å². The number of benzene rings is 1. The Bertz CT molecular complexity index is 3730. The lowest BCUT2D eigenvalue weighted by molar-refractivity contribution is -0.150. The summed E-state index contributed by atoms with van der Waals surface area (Å²) in [6, 6.07) is 3.85. The summed E-state index contributed by atoms with van der Waals surface area (Å²) in [5, 5.41) is 16.8. The summed E-state index contributed by atoms with van der Waals surface area (Å²) in [5.74, 6) is -2.68. The number of esters is 14. The number of terminal acetylenes is 1. The summed E-state index contributed by atoms with van der Waals surface area (Å²) in [6.07, 6.45) is 7.99. The standard InChI is InChI=1S/C26H39N3O8.C23H44N4O6.C23H41N3O8.C23H39N3O6/c1-5-36-23(31)16-28-14-15-29(17-24(32)37-6-2)19-26(18-28,20-10-8-7-9-11-20)27-21(25(33)35-4)12-13-22(30)34-3;1-8-32-20(28)17(3)26-13-14-27(18(4)21(29)33-9-2)16-23(5,15-26)25-19(22(30)31-7)11-10-12-24-6;1-8-33-20(28)16(3)25-12-13-26(17(4)21(29)34-9-2)15-23(5,14-25)24-18(22(30)32-7)10-11-19(27)31-6;1-8-11-12-19(22(29)30-7)24-23(6)15-25(17(4)20(27)31-9-2)13-14-26(16-23)18(5)21(28)32-10-3/h7-11,21,27H,5-6,12-19H2,1-4H3;17-19,24-25H,8-16H2,1-7H3;16-18,24H,8-15H2,1-7H3;1,17-19,24H,9-16H2,2-7H3/t;17-,18-,19?;16-,17-,18?;17-,18-,19?/m.111/s1. The van der Waals surface area contributed by atoms with Crippen LogP contribution in [0.25, 0.3) is 0 Å². The summed E-state index contributed by atoms with van der Waals surface area (Å²) >= 11 is 0. The number of methoxy groups -OCH3 is 6. The molecule has 0 bridgehead atoms. The topological polar surface area (TPSA) is 454 Å². The van der Waals surface area contributed by atoms with Gasteiger partial charge in [0.25, 0.3) is 0 Å². The molecule has 4 unspecified atom stereocenters. The second-order valence-corrected chi connectivity index (χ2v) is 34.7. The molecular formula is C95H163N13O28. The Morgan fingerprint density at radius 2 is 0.596 bits per heavy atom. The van der Waals surface area contributed by atoms with E-state index in [1.54, 1.807) is 83.1 Å². The van der Waals surface area contributed by atoms with Crippen molar-refractivity contribution in [3.05, 3.63) is 35.9 Å². The van der Waals surface area contributed by atoms with Crippen LogP contribution in [0.15, 0.2) is 30.3 Å². The number of hydrogen-bond acceptors (Lipinski definition) is 41. The lowest BCUT2D eigenvalue weighted by Gasteiger charge is -2.41. The van der Waals surface area contributed by atoms with Crippen molar-refractivity contribution in [2.24, 2.45) is 0 Å². The van der Waals surface area contributed by atoms with Gasteiger partial charge in [-0.2, -0.15) is 0 Å². The van der Waals surface area contributed by atoms with Gasteiger partial charge in [0.1, 0.15) is 60.4 Å². The molecule has 0 aliphatic carbocycles. The zero-order chi connectivity index (χ0) is 102. The molecule has 10 atom stereocenters. The molecule has 1 aromatic rings. The molecule has 0 saturated carbocycles. The van der Waals surface area contributed by atoms with Crippen molar-refractivity contribution in [2.45, 2.75) is 252 Å². The number of carbonyl (C=O) groups excluding carboxylic acids is 14. The Labute approximate surface area is 806 Å². The third-order valence-electron chi connectivity index (χ3n) is 23.9. The van der Waals surface area contributed by atoms with E-state index in [9.17, 15) is 67.1 Å². The molecule has 0 spiro atoms. The summed E-state index contributed by atoms with van der Waals surface area (Å²) < 4.78 is 71.2. The summed E-state index contributed by atoms with van der Waals surface area (Å²) in [4.78, 5) is 189. The van der Waals surface area contributed by atoms with Crippen molar-refractivity contribution in [3.63, 3.8) is 0 Å². The van der Waals surface area contributed by atoms with E-state index in [1.165, 1.54) is 42.7 Å². The van der Waals surface area contributed by atoms with E-state index in [0.717, 1.165) is 18.5 Å². The lowest BCUT2D eigenvalue weighted by Crippen LogP contribution is -2.62. The number of rotatable bonds is 49. The molecule has 41 heteroatoms. The van der Waals surface area contributed by atoms with Crippen LogP contribution in [-0.2, 0) is 139 Å². The molecule has 4 fully saturated rings. The van der Waals surface area contributed by atoms with Crippen LogP contribution in [0, 0.1) is 12.3 Å². The van der Waals surface area contributed by atoms with Gasteiger partial charge in [0.2, 0.25) is 0 Å². The largest absolute Gasteiger partial charge is 0.469 e. The van der Waals surface area contributed by atoms with Gasteiger partial charge in [-0.05, 0) is 169 Å². The first-order chi connectivity index (χ1) is 64.5. The van der Waals surface area contributed by atoms with Crippen molar-refractivity contribution < 1.29 is 133 Å². The van der Waals surface area contributed by atoms with Crippen LogP contribution in [0.4, 0.5) is 0 Å². The Hall–Kier alpha value is -9.16. The summed E-state index contributed by atoms with van der Waals surface area (Å²) in [7, 11) is 9.75. The highest BCUT2D eigenvalue weighted by Crippen LogP contribution is 2.31. The van der Waals surface area contributed by atoms with Crippen molar-refractivity contribution in [2.75, 3.05) is 227 Å². The van der Waals surface area contributed by atoms with Gasteiger partial charge < -0.3 is 71.6 Å². The molecule has 5 rings (SSSR count). The highest BCUT2D eigenvalue weighted by Gasteiger charge is 2.48. The minimum absolute atomic E-state index is 0.00716. The van der Waals surface area contributed by atoms with E-state index < -0.39 is 112 Å². The van der Waals surface area contributed by atoms with E-state index in [-0.39, 0.29) is 119 Å². The molecule has 0 amide bonds. The fraction of sp³-hybridized carbons (Fsp3) is 0.768. The van der Waals surface area contributed by atoms with Crippen LogP contribution in [0.2, 0.25) is 0 Å². The maximum Gasteiger partial charge on any atom is 0.323 e. The van der Waals surface area contributed by atoms with E-state index in [2.05, 4.69) is 32.5 Å². The summed E-state index contributed by atoms with van der Waals surface area (Å²) in [6.45, 7) is 41.6. The number of carbonyl (C=O) groups is 14. The lowest BCUT2D eigenvalue weighted by atomic mass is 9.87. The maximum atomic E-state index is 12.8. The number of ether oxygens (including phenoxy) is 14. The molecule has 4 aliphatic heterocycles. The van der Waals surface area contributed by atoms with Gasteiger partial charge in [-0.1, -0.05) is 30.3 Å². The van der Waals surface area contributed by atoms with E-state index in [4.69, 9.17) is 72.7 Å². The normalized spacial score (nSPS) is 18.8. The van der Waals surface area contributed by atoms with E-state index in [0.29, 0.717) is 150 Å².